The van der Waals surface area contributed by atoms with Crippen LogP contribution in [0, 0.1) is 11.3 Å². The van der Waals surface area contributed by atoms with E-state index in [4.69, 9.17) is 11.6 Å². The quantitative estimate of drug-likeness (QED) is 0.565. The Kier molecular flexibility index (Phi) is 4.69. The van der Waals surface area contributed by atoms with Gasteiger partial charge in [0.25, 0.3) is 26.0 Å². The van der Waals surface area contributed by atoms with E-state index >= 15 is 0 Å². The summed E-state index contributed by atoms with van der Waals surface area (Å²) in [6.07, 6.45) is 0. The van der Waals surface area contributed by atoms with Crippen molar-refractivity contribution in [2.24, 2.45) is 0 Å². The van der Waals surface area contributed by atoms with Crippen molar-refractivity contribution >= 4 is 43.3 Å². The molecular formula is C16H10ClN3O5S2. The van der Waals surface area contributed by atoms with Crippen molar-refractivity contribution in [2.45, 2.75) is 9.79 Å². The van der Waals surface area contributed by atoms with Crippen LogP contribution in [0.15, 0.2) is 63.9 Å². The van der Waals surface area contributed by atoms with Crippen LogP contribution in [0.25, 0.3) is 5.70 Å². The number of fused-ring (bicyclic) bond motifs is 1. The van der Waals surface area contributed by atoms with Crippen molar-refractivity contribution in [2.75, 3.05) is 0 Å². The van der Waals surface area contributed by atoms with Crippen LogP contribution in [0.2, 0.25) is 5.02 Å². The predicted molar refractivity (Wildman–Crippen MR) is 96.1 cm³/mol. The standard InChI is InChI=1S/C16H10ClN3O5S2/c17-10-5-7-11(8-6-10)26(22,23)20-16(21)13(9-18)15-12-3-1-2-4-14(12)27(24,25)19-15/h1-8,19H,(H,20,21). The lowest BCUT2D eigenvalue weighted by Gasteiger charge is -2.08. The highest BCUT2D eigenvalue weighted by Gasteiger charge is 2.34. The molecule has 0 atom stereocenters. The number of nitriles is 1. The molecule has 1 amide bonds. The number of nitrogens with one attached hydrogen (secondary N) is 2. The van der Waals surface area contributed by atoms with Gasteiger partial charge < -0.3 is 0 Å². The Morgan fingerprint density at radius 3 is 2.37 bits per heavy atom. The third-order valence-corrected chi connectivity index (χ3v) is 6.63. The minimum absolute atomic E-state index is 0.105. The summed E-state index contributed by atoms with van der Waals surface area (Å²) >= 11 is 5.70. The Morgan fingerprint density at radius 2 is 1.74 bits per heavy atom. The lowest BCUT2D eigenvalue weighted by atomic mass is 10.1. The second-order valence-corrected chi connectivity index (χ2v) is 9.12. The van der Waals surface area contributed by atoms with Crippen LogP contribution in [-0.4, -0.2) is 22.7 Å². The number of halogens is 1. The van der Waals surface area contributed by atoms with Crippen LogP contribution < -0.4 is 9.44 Å². The number of nitrogens with zero attached hydrogens (tertiary/aromatic N) is 1. The first kappa shape index (κ1) is 18.9. The van der Waals surface area contributed by atoms with Crippen LogP contribution in [0.1, 0.15) is 5.56 Å². The summed E-state index contributed by atoms with van der Waals surface area (Å²) in [6, 6.07) is 12.3. The Hall–Kier alpha value is -2.87. The summed E-state index contributed by atoms with van der Waals surface area (Å²) in [6.45, 7) is 0. The van der Waals surface area contributed by atoms with Crippen LogP contribution in [-0.2, 0) is 24.8 Å². The zero-order chi connectivity index (χ0) is 19.8. The minimum Gasteiger partial charge on any atom is -0.277 e. The van der Waals surface area contributed by atoms with Gasteiger partial charge in [-0.05, 0) is 30.3 Å². The van der Waals surface area contributed by atoms with E-state index in [1.807, 2.05) is 0 Å². The number of sulfonamides is 2. The fourth-order valence-corrected chi connectivity index (χ4v) is 4.80. The lowest BCUT2D eigenvalue weighted by molar-refractivity contribution is -0.115. The molecule has 0 fully saturated rings. The van der Waals surface area contributed by atoms with Crippen LogP contribution >= 0.6 is 11.6 Å². The second-order valence-electron chi connectivity index (χ2n) is 5.35. The van der Waals surface area contributed by atoms with Crippen molar-refractivity contribution in [1.82, 2.24) is 9.44 Å². The molecule has 8 nitrogen and oxygen atoms in total. The monoisotopic (exact) mass is 423 g/mol. The average molecular weight is 424 g/mol. The van der Waals surface area contributed by atoms with Gasteiger partial charge in [-0.3, -0.25) is 9.52 Å². The molecule has 0 unspecified atom stereocenters. The number of hydrogen-bond donors (Lipinski definition) is 2. The molecule has 0 aromatic heterocycles. The molecule has 0 aliphatic carbocycles. The molecule has 0 saturated carbocycles. The first-order valence-corrected chi connectivity index (χ1v) is 10.6. The predicted octanol–water partition coefficient (Wildman–Crippen LogP) is 1.37. The molecule has 11 heteroatoms. The topological polar surface area (TPSA) is 133 Å². The first-order valence-electron chi connectivity index (χ1n) is 7.25. The Bertz CT molecular complexity index is 1230. The Morgan fingerprint density at radius 1 is 1.11 bits per heavy atom. The summed E-state index contributed by atoms with van der Waals surface area (Å²) < 4.78 is 52.8. The second kappa shape index (κ2) is 6.70. The van der Waals surface area contributed by atoms with E-state index in [1.54, 1.807) is 10.8 Å². The van der Waals surface area contributed by atoms with Crippen LogP contribution in [0.5, 0.6) is 0 Å². The van der Waals surface area contributed by atoms with Gasteiger partial charge in [0.05, 0.1) is 15.5 Å². The molecule has 2 N–H and O–H groups in total. The Labute approximate surface area is 160 Å². The fourth-order valence-electron chi connectivity index (χ4n) is 2.40. The lowest BCUT2D eigenvalue weighted by Crippen LogP contribution is -2.32. The fraction of sp³-hybridized carbons (Fsp3) is 0. The van der Waals surface area contributed by atoms with Gasteiger partial charge in [0.1, 0.15) is 11.6 Å². The number of rotatable bonds is 3. The number of amides is 1. The largest absolute Gasteiger partial charge is 0.277 e. The summed E-state index contributed by atoms with van der Waals surface area (Å²) in [5.74, 6) is -1.26. The SMILES string of the molecule is N#CC(C(=O)NS(=O)(=O)c1ccc(Cl)cc1)=C1NS(=O)(=O)c2ccccc21. The third-order valence-electron chi connectivity index (χ3n) is 3.62. The van der Waals surface area contributed by atoms with Crippen molar-refractivity contribution in [3.05, 3.63) is 64.7 Å². The van der Waals surface area contributed by atoms with E-state index in [-0.39, 0.29) is 21.1 Å². The molecule has 2 aromatic carbocycles. The zero-order valence-electron chi connectivity index (χ0n) is 13.3. The van der Waals surface area contributed by atoms with Crippen LogP contribution in [0.3, 0.4) is 0 Å². The normalized spacial score (nSPS) is 16.6. The average Bonchev–Trinajstić information content (AvgIpc) is 2.87. The van der Waals surface area contributed by atoms with E-state index in [9.17, 15) is 26.9 Å². The molecule has 3 rings (SSSR count). The molecule has 1 aliphatic heterocycles. The molecule has 27 heavy (non-hydrogen) atoms. The minimum atomic E-state index is -4.29. The summed E-state index contributed by atoms with van der Waals surface area (Å²) in [7, 11) is -8.23. The van der Waals surface area contributed by atoms with Gasteiger partial charge in [-0.15, -0.1) is 0 Å². The maximum absolute atomic E-state index is 12.4. The smallest absolute Gasteiger partial charge is 0.277 e. The molecule has 138 valence electrons. The van der Waals surface area contributed by atoms with Gasteiger partial charge in [0, 0.05) is 10.6 Å². The highest BCUT2D eigenvalue weighted by molar-refractivity contribution is 7.90. The van der Waals surface area contributed by atoms with Crippen molar-refractivity contribution < 1.29 is 21.6 Å². The van der Waals surface area contributed by atoms with Gasteiger partial charge in [0.15, 0.2) is 0 Å². The van der Waals surface area contributed by atoms with Crippen LogP contribution in [0.4, 0.5) is 0 Å². The van der Waals surface area contributed by atoms with Gasteiger partial charge >= 0.3 is 0 Å². The van der Waals surface area contributed by atoms with Crippen molar-refractivity contribution in [3.63, 3.8) is 0 Å². The molecule has 0 saturated heterocycles. The highest BCUT2D eigenvalue weighted by Crippen LogP contribution is 2.31. The number of carbonyl (C=O) groups excluding carboxylic acids is 1. The summed E-state index contributed by atoms with van der Waals surface area (Å²) in [4.78, 5) is 12.1. The maximum atomic E-state index is 12.4. The third kappa shape index (κ3) is 3.52. The molecule has 0 radical (unpaired) electrons. The molecule has 0 bridgehead atoms. The van der Waals surface area contributed by atoms with E-state index in [0.717, 1.165) is 0 Å². The van der Waals surface area contributed by atoms with Gasteiger partial charge in [-0.25, -0.2) is 21.6 Å². The van der Waals surface area contributed by atoms with Gasteiger partial charge in [-0.2, -0.15) is 5.26 Å². The molecule has 1 aliphatic rings. The number of carbonyl (C=O) groups is 1. The zero-order valence-corrected chi connectivity index (χ0v) is 15.7. The highest BCUT2D eigenvalue weighted by atomic mass is 35.5. The summed E-state index contributed by atoms with van der Waals surface area (Å²) in [5.41, 5.74) is -0.855. The molecule has 0 spiro atoms. The van der Waals surface area contributed by atoms with Gasteiger partial charge in [-0.1, -0.05) is 29.8 Å². The number of benzene rings is 2. The summed E-state index contributed by atoms with van der Waals surface area (Å²) in [5, 5.41) is 9.64. The maximum Gasteiger partial charge on any atom is 0.277 e. The molecule has 2 aromatic rings. The van der Waals surface area contributed by atoms with Crippen molar-refractivity contribution in [1.29, 1.82) is 5.26 Å². The van der Waals surface area contributed by atoms with E-state index in [1.165, 1.54) is 48.5 Å². The first-order chi connectivity index (χ1) is 12.7. The van der Waals surface area contributed by atoms with Gasteiger partial charge in [0.2, 0.25) is 0 Å². The Balaban J connectivity index is 2.02. The molecular weight excluding hydrogens is 414 g/mol. The molecule has 1 heterocycles. The number of hydrogen-bond acceptors (Lipinski definition) is 6. The van der Waals surface area contributed by atoms with E-state index < -0.39 is 31.5 Å². The van der Waals surface area contributed by atoms with Crippen molar-refractivity contribution in [3.8, 4) is 6.07 Å². The van der Waals surface area contributed by atoms with E-state index in [2.05, 4.69) is 4.72 Å². The van der Waals surface area contributed by atoms with E-state index in [0.29, 0.717) is 5.02 Å².